The van der Waals surface area contributed by atoms with Gasteiger partial charge in [-0.1, -0.05) is 54.6 Å². The summed E-state index contributed by atoms with van der Waals surface area (Å²) in [7, 11) is 0. The molecule has 1 saturated heterocycles. The molecule has 1 aliphatic carbocycles. The fourth-order valence-corrected chi connectivity index (χ4v) is 4.69. The van der Waals surface area contributed by atoms with Crippen molar-refractivity contribution in [3.8, 4) is 0 Å². The number of benzene rings is 2. The van der Waals surface area contributed by atoms with Crippen molar-refractivity contribution in [2.24, 2.45) is 0 Å². The summed E-state index contributed by atoms with van der Waals surface area (Å²) in [4.78, 5) is 24.7. The second-order valence-corrected chi connectivity index (χ2v) is 8.20. The zero-order chi connectivity index (χ0) is 19.4. The minimum atomic E-state index is -0.305. The van der Waals surface area contributed by atoms with Gasteiger partial charge in [-0.25, -0.2) is 0 Å². The standard InChI is InChI=1S/C24H28N2O2/c27-22(25-21-12-6-10-19-9-4-5-11-20(19)21)13-15-24(16-14-23(28)26-24)17-18-7-2-1-3-8-18/h1-5,7-9,11,21H,6,10,12-17H2,(H,25,27)(H,26,28)/t21-,24-/m1/s1. The van der Waals surface area contributed by atoms with Gasteiger partial charge in [0.1, 0.15) is 0 Å². The Morgan fingerprint density at radius 3 is 2.64 bits per heavy atom. The monoisotopic (exact) mass is 376 g/mol. The minimum absolute atomic E-state index is 0.0790. The second-order valence-electron chi connectivity index (χ2n) is 8.20. The van der Waals surface area contributed by atoms with Crippen molar-refractivity contribution in [2.75, 3.05) is 0 Å². The maximum atomic E-state index is 12.7. The topological polar surface area (TPSA) is 58.2 Å². The van der Waals surface area contributed by atoms with E-state index in [0.717, 1.165) is 32.1 Å². The smallest absolute Gasteiger partial charge is 0.220 e. The fraction of sp³-hybridized carbons (Fsp3) is 0.417. The number of aryl methyl sites for hydroxylation is 1. The number of carbonyl (C=O) groups is 2. The van der Waals surface area contributed by atoms with Gasteiger partial charge >= 0.3 is 0 Å². The summed E-state index contributed by atoms with van der Waals surface area (Å²) in [5.74, 6) is 0.174. The first kappa shape index (κ1) is 18.7. The van der Waals surface area contributed by atoms with Crippen LogP contribution in [0.4, 0.5) is 0 Å². The van der Waals surface area contributed by atoms with E-state index in [4.69, 9.17) is 0 Å². The van der Waals surface area contributed by atoms with Crippen molar-refractivity contribution in [3.05, 3.63) is 71.3 Å². The Kier molecular flexibility index (Phi) is 5.47. The maximum Gasteiger partial charge on any atom is 0.220 e. The van der Waals surface area contributed by atoms with Crippen molar-refractivity contribution in [2.45, 2.75) is 62.9 Å². The van der Waals surface area contributed by atoms with Gasteiger partial charge in [-0.05, 0) is 55.2 Å². The lowest BCUT2D eigenvalue weighted by atomic mass is 9.84. The van der Waals surface area contributed by atoms with E-state index in [9.17, 15) is 9.59 Å². The minimum Gasteiger partial charge on any atom is -0.350 e. The lowest BCUT2D eigenvalue weighted by Crippen LogP contribution is -2.44. The number of hydrogen-bond donors (Lipinski definition) is 2. The normalized spacial score (nSPS) is 23.7. The Labute approximate surface area is 166 Å². The van der Waals surface area contributed by atoms with Gasteiger partial charge in [0.2, 0.25) is 11.8 Å². The van der Waals surface area contributed by atoms with Crippen LogP contribution in [0.15, 0.2) is 54.6 Å². The van der Waals surface area contributed by atoms with E-state index in [1.165, 1.54) is 16.7 Å². The van der Waals surface area contributed by atoms with Crippen LogP contribution in [0, 0.1) is 0 Å². The van der Waals surface area contributed by atoms with Crippen molar-refractivity contribution in [1.82, 2.24) is 10.6 Å². The van der Waals surface area contributed by atoms with E-state index in [1.807, 2.05) is 24.3 Å². The third-order valence-electron chi connectivity index (χ3n) is 6.16. The molecule has 4 heteroatoms. The van der Waals surface area contributed by atoms with Gasteiger partial charge in [-0.2, -0.15) is 0 Å². The highest BCUT2D eigenvalue weighted by molar-refractivity contribution is 5.80. The molecule has 1 aliphatic heterocycles. The first-order valence-corrected chi connectivity index (χ1v) is 10.4. The number of amides is 2. The summed E-state index contributed by atoms with van der Waals surface area (Å²) in [6.07, 6.45) is 6.42. The van der Waals surface area contributed by atoms with Crippen LogP contribution in [0.2, 0.25) is 0 Å². The molecular formula is C24H28N2O2. The number of nitrogens with one attached hydrogen (secondary N) is 2. The highest BCUT2D eigenvalue weighted by Crippen LogP contribution is 2.31. The molecule has 0 bridgehead atoms. The van der Waals surface area contributed by atoms with Crippen LogP contribution in [0.1, 0.15) is 61.3 Å². The molecule has 2 aliphatic rings. The molecule has 2 atom stereocenters. The van der Waals surface area contributed by atoms with Crippen molar-refractivity contribution in [1.29, 1.82) is 0 Å². The van der Waals surface area contributed by atoms with Crippen LogP contribution >= 0.6 is 0 Å². The Hall–Kier alpha value is -2.62. The first-order valence-electron chi connectivity index (χ1n) is 10.4. The van der Waals surface area contributed by atoms with E-state index >= 15 is 0 Å². The zero-order valence-electron chi connectivity index (χ0n) is 16.2. The van der Waals surface area contributed by atoms with E-state index in [0.29, 0.717) is 19.3 Å². The summed E-state index contributed by atoms with van der Waals surface area (Å²) in [5, 5.41) is 6.41. The molecule has 0 radical (unpaired) electrons. The Morgan fingerprint density at radius 1 is 1.07 bits per heavy atom. The van der Waals surface area contributed by atoms with E-state index in [2.05, 4.69) is 41.0 Å². The predicted molar refractivity (Wildman–Crippen MR) is 110 cm³/mol. The quantitative estimate of drug-likeness (QED) is 0.804. The van der Waals surface area contributed by atoms with Gasteiger partial charge in [0, 0.05) is 18.4 Å². The predicted octanol–water partition coefficient (Wildman–Crippen LogP) is 3.85. The molecule has 4 nitrogen and oxygen atoms in total. The summed E-state index contributed by atoms with van der Waals surface area (Å²) < 4.78 is 0. The maximum absolute atomic E-state index is 12.7. The van der Waals surface area contributed by atoms with E-state index in [1.54, 1.807) is 0 Å². The number of carbonyl (C=O) groups excluding carboxylic acids is 2. The molecule has 1 heterocycles. The highest BCUT2D eigenvalue weighted by atomic mass is 16.2. The van der Waals surface area contributed by atoms with Gasteiger partial charge in [-0.3, -0.25) is 9.59 Å². The van der Waals surface area contributed by atoms with Crippen LogP contribution in [-0.4, -0.2) is 17.4 Å². The third kappa shape index (κ3) is 4.27. The molecular weight excluding hydrogens is 348 g/mol. The lowest BCUT2D eigenvalue weighted by Gasteiger charge is -2.30. The zero-order valence-corrected chi connectivity index (χ0v) is 16.2. The summed E-state index contributed by atoms with van der Waals surface area (Å²) in [6, 6.07) is 18.7. The lowest BCUT2D eigenvalue weighted by molar-refractivity contribution is -0.123. The van der Waals surface area contributed by atoms with Gasteiger partial charge < -0.3 is 10.6 Å². The molecule has 0 aromatic heterocycles. The van der Waals surface area contributed by atoms with Crippen molar-refractivity contribution < 1.29 is 9.59 Å². The Balaban J connectivity index is 1.39. The van der Waals surface area contributed by atoms with Gasteiger partial charge in [0.15, 0.2) is 0 Å². The highest BCUT2D eigenvalue weighted by Gasteiger charge is 2.38. The van der Waals surface area contributed by atoms with Crippen LogP contribution in [0.5, 0.6) is 0 Å². The van der Waals surface area contributed by atoms with Crippen LogP contribution in [0.3, 0.4) is 0 Å². The number of hydrogen-bond acceptors (Lipinski definition) is 2. The van der Waals surface area contributed by atoms with Crippen LogP contribution < -0.4 is 10.6 Å². The summed E-state index contributed by atoms with van der Waals surface area (Å²) in [5.41, 5.74) is 3.50. The van der Waals surface area contributed by atoms with E-state index < -0.39 is 0 Å². The average Bonchev–Trinajstić information content (AvgIpc) is 3.08. The SMILES string of the molecule is O=C(CC[C@]1(Cc2ccccc2)CCC(=O)N1)N[C@@H]1CCCc2ccccc21. The molecule has 1 fully saturated rings. The molecule has 2 amide bonds. The van der Waals surface area contributed by atoms with Crippen LogP contribution in [0.25, 0.3) is 0 Å². The molecule has 0 saturated carbocycles. The van der Waals surface area contributed by atoms with Crippen molar-refractivity contribution in [3.63, 3.8) is 0 Å². The molecule has 2 N–H and O–H groups in total. The van der Waals surface area contributed by atoms with Gasteiger partial charge in [-0.15, -0.1) is 0 Å². The van der Waals surface area contributed by atoms with Crippen molar-refractivity contribution >= 4 is 11.8 Å². The average molecular weight is 377 g/mol. The largest absolute Gasteiger partial charge is 0.350 e. The molecule has 2 aromatic carbocycles. The number of fused-ring (bicyclic) bond motifs is 1. The van der Waals surface area contributed by atoms with Gasteiger partial charge in [0.05, 0.1) is 6.04 Å². The summed E-state index contributed by atoms with van der Waals surface area (Å²) in [6.45, 7) is 0. The molecule has 28 heavy (non-hydrogen) atoms. The Morgan fingerprint density at radius 2 is 1.86 bits per heavy atom. The summed E-state index contributed by atoms with van der Waals surface area (Å²) >= 11 is 0. The van der Waals surface area contributed by atoms with Gasteiger partial charge in [0.25, 0.3) is 0 Å². The second kappa shape index (κ2) is 8.17. The molecule has 4 rings (SSSR count). The molecule has 0 unspecified atom stereocenters. The molecule has 146 valence electrons. The Bertz CT molecular complexity index is 849. The first-order chi connectivity index (χ1) is 13.6. The number of rotatable bonds is 6. The fourth-order valence-electron chi connectivity index (χ4n) is 4.69. The third-order valence-corrected chi connectivity index (χ3v) is 6.16. The van der Waals surface area contributed by atoms with E-state index in [-0.39, 0.29) is 23.4 Å². The van der Waals surface area contributed by atoms with Crippen LogP contribution in [-0.2, 0) is 22.4 Å². The molecule has 0 spiro atoms. The molecule has 2 aromatic rings.